The van der Waals surface area contributed by atoms with Gasteiger partial charge >= 0.3 is 6.09 Å². The van der Waals surface area contributed by atoms with E-state index in [0.717, 1.165) is 45.7 Å². The second-order valence-electron chi connectivity index (χ2n) is 8.56. The van der Waals surface area contributed by atoms with Gasteiger partial charge in [0.1, 0.15) is 12.4 Å². The Morgan fingerprint density at radius 2 is 1.62 bits per heavy atom. The monoisotopic (exact) mass is 491 g/mol. The summed E-state index contributed by atoms with van der Waals surface area (Å²) in [6.45, 7) is 14.0. The summed E-state index contributed by atoms with van der Waals surface area (Å²) in [6.07, 6.45) is 5.55. The molecule has 0 unspecified atom stereocenters. The molecule has 0 aromatic heterocycles. The molecule has 2 rings (SSSR count). The number of halogens is 2. The van der Waals surface area contributed by atoms with E-state index in [-0.39, 0.29) is 24.8 Å². The molecule has 1 amide bonds. The van der Waals surface area contributed by atoms with Crippen LogP contribution in [0, 0.1) is 5.92 Å². The standard InChI is InChI=1S/C24H41N3O3.2ClH/c1-4-5-6-7-10-18-29-23-12-9-8-11-22(23)25-24(28)30-19-17-26-13-15-27(16-14-26)20-21(2)3;;/h8-9,11-12,21H,4-7,10,13-20H2,1-3H3,(H,25,28);2*1H. The molecule has 0 aliphatic carbocycles. The van der Waals surface area contributed by atoms with Crippen molar-refractivity contribution in [2.75, 3.05) is 57.8 Å². The molecule has 186 valence electrons. The number of unbranched alkanes of at least 4 members (excludes halogenated alkanes) is 4. The lowest BCUT2D eigenvalue weighted by Crippen LogP contribution is -2.48. The van der Waals surface area contributed by atoms with Crippen molar-refractivity contribution >= 4 is 36.6 Å². The molecular weight excluding hydrogens is 449 g/mol. The number of carbonyl (C=O) groups excluding carboxylic acids is 1. The molecule has 1 aliphatic rings. The van der Waals surface area contributed by atoms with Crippen LogP contribution in [0.4, 0.5) is 10.5 Å². The highest BCUT2D eigenvalue weighted by molar-refractivity contribution is 5.86. The summed E-state index contributed by atoms with van der Waals surface area (Å²) in [5, 5.41) is 2.83. The average Bonchev–Trinajstić information content (AvgIpc) is 2.72. The number of benzene rings is 1. The first-order valence-corrected chi connectivity index (χ1v) is 11.7. The Balaban J connectivity index is 0.00000480. The number of para-hydroxylation sites is 2. The SMILES string of the molecule is CCCCCCCOc1ccccc1NC(=O)OCCN1CCN(CC(C)C)CC1.Cl.Cl. The summed E-state index contributed by atoms with van der Waals surface area (Å²) in [7, 11) is 0. The lowest BCUT2D eigenvalue weighted by atomic mass is 10.2. The maximum Gasteiger partial charge on any atom is 0.411 e. The average molecular weight is 493 g/mol. The molecule has 0 saturated carbocycles. The molecule has 1 heterocycles. The number of carbonyl (C=O) groups is 1. The molecule has 1 aromatic carbocycles. The van der Waals surface area contributed by atoms with E-state index in [0.29, 0.717) is 30.6 Å². The number of rotatable bonds is 13. The molecule has 0 bridgehead atoms. The Morgan fingerprint density at radius 3 is 2.31 bits per heavy atom. The van der Waals surface area contributed by atoms with E-state index >= 15 is 0 Å². The van der Waals surface area contributed by atoms with E-state index in [2.05, 4.69) is 35.9 Å². The molecule has 1 N–H and O–H groups in total. The third-order valence-corrected chi connectivity index (χ3v) is 5.36. The smallest absolute Gasteiger partial charge is 0.411 e. The quantitative estimate of drug-likeness (QED) is 0.358. The lowest BCUT2D eigenvalue weighted by molar-refractivity contribution is 0.0952. The first-order chi connectivity index (χ1) is 14.6. The Hall–Kier alpha value is -1.21. The molecule has 1 fully saturated rings. The Kier molecular flexibility index (Phi) is 17.6. The minimum absolute atomic E-state index is 0. The molecule has 0 radical (unpaired) electrons. The van der Waals surface area contributed by atoms with Gasteiger partial charge in [-0.15, -0.1) is 24.8 Å². The van der Waals surface area contributed by atoms with Crippen LogP contribution in [0.2, 0.25) is 0 Å². The van der Waals surface area contributed by atoms with E-state index in [1.807, 2.05) is 24.3 Å². The van der Waals surface area contributed by atoms with Crippen molar-refractivity contribution in [3.05, 3.63) is 24.3 Å². The van der Waals surface area contributed by atoms with Crippen LogP contribution in [0.1, 0.15) is 52.9 Å². The zero-order chi connectivity index (χ0) is 21.6. The van der Waals surface area contributed by atoms with Crippen LogP contribution < -0.4 is 10.1 Å². The van der Waals surface area contributed by atoms with Gasteiger partial charge < -0.3 is 14.4 Å². The first kappa shape index (κ1) is 30.8. The molecule has 0 atom stereocenters. The van der Waals surface area contributed by atoms with Crippen LogP contribution in [0.25, 0.3) is 0 Å². The Morgan fingerprint density at radius 1 is 0.969 bits per heavy atom. The Labute approximate surface area is 207 Å². The molecule has 1 aliphatic heterocycles. The van der Waals surface area contributed by atoms with Crippen molar-refractivity contribution in [2.45, 2.75) is 52.9 Å². The summed E-state index contributed by atoms with van der Waals surface area (Å²) in [6, 6.07) is 7.54. The topological polar surface area (TPSA) is 54.0 Å². The summed E-state index contributed by atoms with van der Waals surface area (Å²) < 4.78 is 11.3. The van der Waals surface area contributed by atoms with Crippen LogP contribution in [0.3, 0.4) is 0 Å². The number of ether oxygens (including phenoxy) is 2. The van der Waals surface area contributed by atoms with Gasteiger partial charge in [-0.1, -0.05) is 58.6 Å². The molecule has 1 aromatic rings. The number of nitrogens with one attached hydrogen (secondary N) is 1. The van der Waals surface area contributed by atoms with Gasteiger partial charge in [-0.2, -0.15) is 0 Å². The molecule has 6 nitrogen and oxygen atoms in total. The summed E-state index contributed by atoms with van der Waals surface area (Å²) in [5.41, 5.74) is 0.665. The second-order valence-corrected chi connectivity index (χ2v) is 8.56. The number of nitrogens with zero attached hydrogens (tertiary/aromatic N) is 2. The van der Waals surface area contributed by atoms with E-state index in [4.69, 9.17) is 9.47 Å². The fourth-order valence-corrected chi connectivity index (χ4v) is 3.71. The Bertz CT molecular complexity index is 612. The third-order valence-electron chi connectivity index (χ3n) is 5.36. The molecule has 8 heteroatoms. The van der Waals surface area contributed by atoms with Crippen LogP contribution in [-0.4, -0.2) is 68.4 Å². The molecule has 1 saturated heterocycles. The zero-order valence-corrected chi connectivity index (χ0v) is 21.6. The third kappa shape index (κ3) is 12.7. The van der Waals surface area contributed by atoms with Gasteiger partial charge in [-0.3, -0.25) is 10.2 Å². The van der Waals surface area contributed by atoms with Crippen molar-refractivity contribution in [1.29, 1.82) is 0 Å². The van der Waals surface area contributed by atoms with Gasteiger partial charge in [0.05, 0.1) is 12.3 Å². The fourth-order valence-electron chi connectivity index (χ4n) is 3.71. The minimum Gasteiger partial charge on any atom is -0.491 e. The van der Waals surface area contributed by atoms with Crippen molar-refractivity contribution in [1.82, 2.24) is 9.80 Å². The predicted molar refractivity (Wildman–Crippen MR) is 138 cm³/mol. The molecular formula is C24H43Cl2N3O3. The van der Waals surface area contributed by atoms with Crippen molar-refractivity contribution < 1.29 is 14.3 Å². The highest BCUT2D eigenvalue weighted by atomic mass is 35.5. The number of piperazine rings is 1. The van der Waals surface area contributed by atoms with Crippen LogP contribution in [0.5, 0.6) is 5.75 Å². The van der Waals surface area contributed by atoms with Crippen molar-refractivity contribution in [2.24, 2.45) is 5.92 Å². The first-order valence-electron chi connectivity index (χ1n) is 11.7. The normalized spacial score (nSPS) is 14.4. The van der Waals surface area contributed by atoms with Gasteiger partial charge in [0.2, 0.25) is 0 Å². The van der Waals surface area contributed by atoms with Crippen LogP contribution >= 0.6 is 24.8 Å². The summed E-state index contributed by atoms with van der Waals surface area (Å²) >= 11 is 0. The van der Waals surface area contributed by atoms with E-state index in [1.165, 1.54) is 25.7 Å². The predicted octanol–water partition coefficient (Wildman–Crippen LogP) is 5.70. The summed E-state index contributed by atoms with van der Waals surface area (Å²) in [5.74, 6) is 1.41. The van der Waals surface area contributed by atoms with E-state index < -0.39 is 6.09 Å². The maximum atomic E-state index is 12.2. The number of hydrogen-bond acceptors (Lipinski definition) is 5. The fraction of sp³-hybridized carbons (Fsp3) is 0.708. The van der Waals surface area contributed by atoms with Crippen molar-refractivity contribution in [3.63, 3.8) is 0 Å². The largest absolute Gasteiger partial charge is 0.491 e. The zero-order valence-electron chi connectivity index (χ0n) is 20.0. The summed E-state index contributed by atoms with van der Waals surface area (Å²) in [4.78, 5) is 17.1. The van der Waals surface area contributed by atoms with Gasteiger partial charge in [0.25, 0.3) is 0 Å². The molecule has 0 spiro atoms. The lowest BCUT2D eigenvalue weighted by Gasteiger charge is -2.35. The molecule has 32 heavy (non-hydrogen) atoms. The second kappa shape index (κ2) is 18.2. The van der Waals surface area contributed by atoms with Gasteiger partial charge in [-0.05, 0) is 24.5 Å². The van der Waals surface area contributed by atoms with Crippen LogP contribution in [0.15, 0.2) is 24.3 Å². The highest BCUT2D eigenvalue weighted by Gasteiger charge is 2.17. The van der Waals surface area contributed by atoms with Gasteiger partial charge in [0, 0.05) is 39.3 Å². The van der Waals surface area contributed by atoms with Crippen LogP contribution in [-0.2, 0) is 4.74 Å². The van der Waals surface area contributed by atoms with E-state index in [1.54, 1.807) is 0 Å². The maximum absolute atomic E-state index is 12.2. The minimum atomic E-state index is -0.424. The number of anilines is 1. The number of amides is 1. The van der Waals surface area contributed by atoms with Crippen molar-refractivity contribution in [3.8, 4) is 5.75 Å². The van der Waals surface area contributed by atoms with Gasteiger partial charge in [0.15, 0.2) is 0 Å². The van der Waals surface area contributed by atoms with E-state index in [9.17, 15) is 4.79 Å². The van der Waals surface area contributed by atoms with Gasteiger partial charge in [-0.25, -0.2) is 4.79 Å². The highest BCUT2D eigenvalue weighted by Crippen LogP contribution is 2.24. The number of hydrogen-bond donors (Lipinski definition) is 1.